The Kier molecular flexibility index (Phi) is 2.13. The van der Waals surface area contributed by atoms with Crippen molar-refractivity contribution in [2.45, 2.75) is 38.3 Å². The molecule has 2 bridgehead atoms. The molecule has 1 aliphatic carbocycles. The van der Waals surface area contributed by atoms with Crippen LogP contribution in [0.1, 0.15) is 26.2 Å². The minimum absolute atomic E-state index is 0.466. The molecule has 2 nitrogen and oxygen atoms in total. The zero-order valence-corrected chi connectivity index (χ0v) is 8.16. The number of likely N-dealkylation sites (tertiary alicyclic amines) is 1. The third-order valence-electron chi connectivity index (χ3n) is 3.89. The highest BCUT2D eigenvalue weighted by Gasteiger charge is 2.44. The van der Waals surface area contributed by atoms with Gasteiger partial charge in [0, 0.05) is 18.6 Å². The lowest BCUT2D eigenvalue weighted by Gasteiger charge is -2.31. The Bertz CT molecular complexity index is 167. The Balaban J connectivity index is 1.98. The van der Waals surface area contributed by atoms with Crippen LogP contribution in [0.4, 0.5) is 0 Å². The van der Waals surface area contributed by atoms with Crippen molar-refractivity contribution in [3.05, 3.63) is 0 Å². The summed E-state index contributed by atoms with van der Waals surface area (Å²) in [7, 11) is 2.25. The summed E-state index contributed by atoms with van der Waals surface area (Å²) in [6.07, 6.45) is 3.92. The van der Waals surface area contributed by atoms with Crippen LogP contribution in [0.2, 0.25) is 0 Å². The minimum atomic E-state index is 0.466. The van der Waals surface area contributed by atoms with Crippen molar-refractivity contribution in [2.75, 3.05) is 13.6 Å². The highest BCUT2D eigenvalue weighted by molar-refractivity contribution is 4.98. The first kappa shape index (κ1) is 8.52. The number of nitrogens with two attached hydrogens (primary N) is 1. The molecule has 2 fully saturated rings. The van der Waals surface area contributed by atoms with Crippen LogP contribution >= 0.6 is 0 Å². The number of hydrogen-bond donors (Lipinski definition) is 1. The second kappa shape index (κ2) is 3.00. The summed E-state index contributed by atoms with van der Waals surface area (Å²) in [5.41, 5.74) is 6.09. The summed E-state index contributed by atoms with van der Waals surface area (Å²) in [5.74, 6) is 1.74. The number of rotatable bonds is 2. The standard InChI is InChI=1S/C10H20N2/c1-3-10(11)9-5-8-4-7(9)6-12(8)2/h7-10H,3-6,11H2,1-2H3. The normalized spacial score (nSPS) is 43.8. The van der Waals surface area contributed by atoms with E-state index in [1.54, 1.807) is 0 Å². The van der Waals surface area contributed by atoms with E-state index in [0.717, 1.165) is 24.3 Å². The maximum Gasteiger partial charge on any atom is 0.00988 e. The van der Waals surface area contributed by atoms with E-state index in [1.165, 1.54) is 19.4 Å². The SMILES string of the molecule is CCC(N)C1CC2CC1CN2C. The molecule has 2 heteroatoms. The summed E-state index contributed by atoms with van der Waals surface area (Å²) in [6, 6.07) is 1.33. The Labute approximate surface area is 75.1 Å². The van der Waals surface area contributed by atoms with E-state index in [9.17, 15) is 0 Å². The first-order valence-corrected chi connectivity index (χ1v) is 5.18. The molecule has 0 aromatic heterocycles. The van der Waals surface area contributed by atoms with Gasteiger partial charge in [0.2, 0.25) is 0 Å². The summed E-state index contributed by atoms with van der Waals surface area (Å²) in [6.45, 7) is 3.50. The lowest BCUT2D eigenvalue weighted by Crippen LogP contribution is -2.40. The average molecular weight is 168 g/mol. The van der Waals surface area contributed by atoms with Gasteiger partial charge in [-0.25, -0.2) is 0 Å². The molecule has 70 valence electrons. The van der Waals surface area contributed by atoms with Crippen LogP contribution in [0.3, 0.4) is 0 Å². The Hall–Kier alpha value is -0.0800. The Morgan fingerprint density at radius 2 is 2.25 bits per heavy atom. The molecule has 1 saturated carbocycles. The fraction of sp³-hybridized carbons (Fsp3) is 1.00. The number of fused-ring (bicyclic) bond motifs is 2. The number of nitrogens with zero attached hydrogens (tertiary/aromatic N) is 1. The van der Waals surface area contributed by atoms with E-state index in [-0.39, 0.29) is 0 Å². The first-order valence-electron chi connectivity index (χ1n) is 5.18. The molecule has 4 unspecified atom stereocenters. The second-order valence-corrected chi connectivity index (χ2v) is 4.56. The molecular formula is C10H20N2. The van der Waals surface area contributed by atoms with Crippen molar-refractivity contribution >= 4 is 0 Å². The highest BCUT2D eigenvalue weighted by atomic mass is 15.2. The fourth-order valence-corrected chi connectivity index (χ4v) is 3.04. The van der Waals surface area contributed by atoms with Crippen molar-refractivity contribution < 1.29 is 0 Å². The lowest BCUT2D eigenvalue weighted by molar-refractivity contribution is 0.187. The molecule has 0 aromatic carbocycles. The first-order chi connectivity index (χ1) is 5.72. The topological polar surface area (TPSA) is 29.3 Å². The third kappa shape index (κ3) is 1.17. The molecule has 0 aromatic rings. The van der Waals surface area contributed by atoms with Crippen LogP contribution in [0.5, 0.6) is 0 Å². The van der Waals surface area contributed by atoms with Gasteiger partial charge in [0.25, 0.3) is 0 Å². The van der Waals surface area contributed by atoms with Crippen LogP contribution in [0.25, 0.3) is 0 Å². The molecule has 0 radical (unpaired) electrons. The predicted molar refractivity (Wildman–Crippen MR) is 50.9 cm³/mol. The van der Waals surface area contributed by atoms with Crippen LogP contribution in [0, 0.1) is 11.8 Å². The summed E-state index contributed by atoms with van der Waals surface area (Å²) >= 11 is 0. The van der Waals surface area contributed by atoms with Crippen LogP contribution in [-0.4, -0.2) is 30.6 Å². The Morgan fingerprint density at radius 3 is 2.67 bits per heavy atom. The maximum atomic E-state index is 6.09. The average Bonchev–Trinajstić information content (AvgIpc) is 2.60. The van der Waals surface area contributed by atoms with E-state index in [0.29, 0.717) is 6.04 Å². The van der Waals surface area contributed by atoms with Gasteiger partial charge in [-0.3, -0.25) is 0 Å². The molecule has 1 aliphatic heterocycles. The largest absolute Gasteiger partial charge is 0.327 e. The fourth-order valence-electron chi connectivity index (χ4n) is 3.04. The summed E-state index contributed by atoms with van der Waals surface area (Å²) in [5, 5.41) is 0. The van der Waals surface area contributed by atoms with Gasteiger partial charge in [-0.05, 0) is 38.1 Å². The maximum absolute atomic E-state index is 6.09. The molecule has 2 N–H and O–H groups in total. The molecule has 0 amide bonds. The van der Waals surface area contributed by atoms with Gasteiger partial charge >= 0.3 is 0 Å². The predicted octanol–water partition coefficient (Wildman–Crippen LogP) is 1.06. The van der Waals surface area contributed by atoms with Crippen LogP contribution in [-0.2, 0) is 0 Å². The van der Waals surface area contributed by atoms with Gasteiger partial charge in [-0.15, -0.1) is 0 Å². The van der Waals surface area contributed by atoms with Gasteiger partial charge in [-0.2, -0.15) is 0 Å². The zero-order valence-electron chi connectivity index (χ0n) is 8.16. The van der Waals surface area contributed by atoms with Gasteiger partial charge in [0.1, 0.15) is 0 Å². The number of piperidine rings is 1. The van der Waals surface area contributed by atoms with Crippen molar-refractivity contribution in [1.29, 1.82) is 0 Å². The molecule has 1 heterocycles. The molecular weight excluding hydrogens is 148 g/mol. The van der Waals surface area contributed by atoms with Gasteiger partial charge in [0.15, 0.2) is 0 Å². The van der Waals surface area contributed by atoms with Gasteiger partial charge < -0.3 is 10.6 Å². The lowest BCUT2D eigenvalue weighted by atomic mass is 9.87. The van der Waals surface area contributed by atoms with Crippen molar-refractivity contribution in [2.24, 2.45) is 17.6 Å². The minimum Gasteiger partial charge on any atom is -0.327 e. The van der Waals surface area contributed by atoms with Crippen molar-refractivity contribution in [3.63, 3.8) is 0 Å². The van der Waals surface area contributed by atoms with E-state index in [2.05, 4.69) is 18.9 Å². The molecule has 1 saturated heterocycles. The van der Waals surface area contributed by atoms with E-state index in [4.69, 9.17) is 5.73 Å². The second-order valence-electron chi connectivity index (χ2n) is 4.56. The van der Waals surface area contributed by atoms with Crippen molar-refractivity contribution in [3.8, 4) is 0 Å². The van der Waals surface area contributed by atoms with Crippen LogP contribution in [0.15, 0.2) is 0 Å². The van der Waals surface area contributed by atoms with E-state index in [1.807, 2.05) is 0 Å². The summed E-state index contributed by atoms with van der Waals surface area (Å²) in [4.78, 5) is 2.50. The van der Waals surface area contributed by atoms with Gasteiger partial charge in [0.05, 0.1) is 0 Å². The quantitative estimate of drug-likeness (QED) is 0.668. The zero-order chi connectivity index (χ0) is 8.72. The molecule has 2 aliphatic rings. The van der Waals surface area contributed by atoms with Crippen molar-refractivity contribution in [1.82, 2.24) is 4.90 Å². The molecule has 0 spiro atoms. The third-order valence-corrected chi connectivity index (χ3v) is 3.89. The molecule has 4 atom stereocenters. The highest BCUT2D eigenvalue weighted by Crippen LogP contribution is 2.42. The van der Waals surface area contributed by atoms with E-state index < -0.39 is 0 Å². The monoisotopic (exact) mass is 168 g/mol. The molecule has 12 heavy (non-hydrogen) atoms. The Morgan fingerprint density at radius 1 is 1.50 bits per heavy atom. The number of hydrogen-bond acceptors (Lipinski definition) is 2. The van der Waals surface area contributed by atoms with Gasteiger partial charge in [-0.1, -0.05) is 6.92 Å². The molecule has 2 rings (SSSR count). The van der Waals surface area contributed by atoms with E-state index >= 15 is 0 Å². The smallest absolute Gasteiger partial charge is 0.00988 e. The van der Waals surface area contributed by atoms with Crippen LogP contribution < -0.4 is 5.73 Å². The summed E-state index contributed by atoms with van der Waals surface area (Å²) < 4.78 is 0.